The highest BCUT2D eigenvalue weighted by molar-refractivity contribution is 5.86. The number of fused-ring (bicyclic) bond motifs is 1. The lowest BCUT2D eigenvalue weighted by atomic mass is 9.73. The Morgan fingerprint density at radius 1 is 0.826 bits per heavy atom. The molecule has 2 N–H and O–H groups in total. The zero-order chi connectivity index (χ0) is 16.9. The van der Waals surface area contributed by atoms with Crippen LogP contribution in [0, 0.1) is 0 Å². The largest absolute Gasteiger partial charge is 0.330 e. The van der Waals surface area contributed by atoms with Gasteiger partial charge in [-0.3, -0.25) is 0 Å². The average Bonchev–Trinajstić information content (AvgIpc) is 2.55. The standard InChI is InChI=1S/C20H31N3/c1-22(2)14-12-20(16-21,13-15-23(3)4)19-11-7-9-17-8-5-6-10-18(17)19/h5-11H,12-16,21H2,1-4H3. The summed E-state index contributed by atoms with van der Waals surface area (Å²) in [6.45, 7) is 2.78. The van der Waals surface area contributed by atoms with E-state index in [1.165, 1.54) is 16.3 Å². The van der Waals surface area contributed by atoms with Crippen molar-refractivity contribution in [1.82, 2.24) is 9.80 Å². The molecule has 0 aromatic heterocycles. The van der Waals surface area contributed by atoms with Crippen molar-refractivity contribution in [2.75, 3.05) is 47.8 Å². The van der Waals surface area contributed by atoms with Crippen LogP contribution >= 0.6 is 0 Å². The Labute approximate surface area is 141 Å². The average molecular weight is 313 g/mol. The molecule has 0 saturated heterocycles. The number of hydrogen-bond acceptors (Lipinski definition) is 3. The molecule has 2 aromatic carbocycles. The number of rotatable bonds is 8. The highest BCUT2D eigenvalue weighted by Crippen LogP contribution is 2.36. The summed E-state index contributed by atoms with van der Waals surface area (Å²) in [5.74, 6) is 0. The lowest BCUT2D eigenvalue weighted by Crippen LogP contribution is -2.40. The maximum absolute atomic E-state index is 6.37. The third-order valence-corrected chi connectivity index (χ3v) is 4.83. The number of nitrogens with zero attached hydrogens (tertiary/aromatic N) is 2. The number of nitrogens with two attached hydrogens (primary N) is 1. The van der Waals surface area contributed by atoms with E-state index < -0.39 is 0 Å². The zero-order valence-corrected chi connectivity index (χ0v) is 15.0. The van der Waals surface area contributed by atoms with E-state index in [1.54, 1.807) is 0 Å². The fraction of sp³-hybridized carbons (Fsp3) is 0.500. The first-order valence-corrected chi connectivity index (χ1v) is 8.46. The highest BCUT2D eigenvalue weighted by Gasteiger charge is 2.32. The molecule has 0 amide bonds. The zero-order valence-electron chi connectivity index (χ0n) is 15.0. The normalized spacial score (nSPS) is 12.5. The minimum absolute atomic E-state index is 0.0232. The van der Waals surface area contributed by atoms with Crippen LogP contribution in [0.4, 0.5) is 0 Å². The minimum atomic E-state index is 0.0232. The predicted molar refractivity (Wildman–Crippen MR) is 101 cm³/mol. The van der Waals surface area contributed by atoms with Crippen LogP contribution in [0.25, 0.3) is 10.8 Å². The Hall–Kier alpha value is -1.42. The quantitative estimate of drug-likeness (QED) is 0.813. The van der Waals surface area contributed by atoms with Gasteiger partial charge >= 0.3 is 0 Å². The van der Waals surface area contributed by atoms with E-state index in [4.69, 9.17) is 5.73 Å². The summed E-state index contributed by atoms with van der Waals surface area (Å²) < 4.78 is 0. The third kappa shape index (κ3) is 4.31. The van der Waals surface area contributed by atoms with Crippen LogP contribution in [0.5, 0.6) is 0 Å². The molecule has 0 atom stereocenters. The van der Waals surface area contributed by atoms with Crippen molar-refractivity contribution in [3.63, 3.8) is 0 Å². The molecule has 3 nitrogen and oxygen atoms in total. The molecule has 2 rings (SSSR count). The van der Waals surface area contributed by atoms with Gasteiger partial charge in [-0.05, 0) is 70.5 Å². The second-order valence-corrected chi connectivity index (χ2v) is 7.12. The Balaban J connectivity index is 2.48. The molecule has 2 aromatic rings. The summed E-state index contributed by atoms with van der Waals surface area (Å²) in [5.41, 5.74) is 7.79. The first-order valence-electron chi connectivity index (χ1n) is 8.46. The molecule has 0 bridgehead atoms. The maximum atomic E-state index is 6.37. The first kappa shape index (κ1) is 17.9. The van der Waals surface area contributed by atoms with Crippen molar-refractivity contribution in [3.05, 3.63) is 48.0 Å². The van der Waals surface area contributed by atoms with Crippen LogP contribution in [-0.4, -0.2) is 57.6 Å². The molecule has 0 unspecified atom stereocenters. The van der Waals surface area contributed by atoms with Crippen LogP contribution < -0.4 is 5.73 Å². The Morgan fingerprint density at radius 3 is 1.96 bits per heavy atom. The van der Waals surface area contributed by atoms with Gasteiger partial charge in [-0.25, -0.2) is 0 Å². The molecular weight excluding hydrogens is 282 g/mol. The van der Waals surface area contributed by atoms with Gasteiger partial charge in [-0.1, -0.05) is 42.5 Å². The van der Waals surface area contributed by atoms with Crippen LogP contribution in [0.15, 0.2) is 42.5 Å². The van der Waals surface area contributed by atoms with Gasteiger partial charge in [0.25, 0.3) is 0 Å². The summed E-state index contributed by atoms with van der Waals surface area (Å²) >= 11 is 0. The molecule has 0 heterocycles. The molecule has 0 aliphatic heterocycles. The molecule has 0 aliphatic carbocycles. The van der Waals surface area contributed by atoms with Gasteiger partial charge in [0.1, 0.15) is 0 Å². The molecule has 0 saturated carbocycles. The van der Waals surface area contributed by atoms with Crippen LogP contribution in [0.2, 0.25) is 0 Å². The SMILES string of the molecule is CN(C)CCC(CN)(CCN(C)C)c1cccc2ccccc12. The molecule has 23 heavy (non-hydrogen) atoms. The third-order valence-electron chi connectivity index (χ3n) is 4.83. The summed E-state index contributed by atoms with van der Waals surface area (Å²) in [5, 5.41) is 2.65. The molecular formula is C20H31N3. The van der Waals surface area contributed by atoms with Crippen molar-refractivity contribution in [2.24, 2.45) is 5.73 Å². The van der Waals surface area contributed by atoms with Crippen molar-refractivity contribution >= 4 is 10.8 Å². The van der Waals surface area contributed by atoms with E-state index in [0.717, 1.165) is 25.9 Å². The molecule has 0 spiro atoms. The fourth-order valence-electron chi connectivity index (χ4n) is 3.27. The summed E-state index contributed by atoms with van der Waals surface area (Å²) in [4.78, 5) is 4.51. The van der Waals surface area contributed by atoms with Crippen LogP contribution in [0.1, 0.15) is 18.4 Å². The second-order valence-electron chi connectivity index (χ2n) is 7.12. The predicted octanol–water partition coefficient (Wildman–Crippen LogP) is 2.94. The van der Waals surface area contributed by atoms with Gasteiger partial charge in [0.2, 0.25) is 0 Å². The van der Waals surface area contributed by atoms with Crippen molar-refractivity contribution in [2.45, 2.75) is 18.3 Å². The van der Waals surface area contributed by atoms with Crippen LogP contribution in [-0.2, 0) is 5.41 Å². The minimum Gasteiger partial charge on any atom is -0.330 e. The van der Waals surface area contributed by atoms with Gasteiger partial charge in [0, 0.05) is 12.0 Å². The lowest BCUT2D eigenvalue weighted by Gasteiger charge is -2.36. The van der Waals surface area contributed by atoms with Crippen LogP contribution in [0.3, 0.4) is 0 Å². The number of hydrogen-bond donors (Lipinski definition) is 1. The molecule has 0 fully saturated rings. The van der Waals surface area contributed by atoms with Crippen molar-refractivity contribution in [3.8, 4) is 0 Å². The first-order chi connectivity index (χ1) is 11.0. The fourth-order valence-corrected chi connectivity index (χ4v) is 3.27. The maximum Gasteiger partial charge on any atom is 0.0106 e. The number of benzene rings is 2. The highest BCUT2D eigenvalue weighted by atomic mass is 15.1. The van der Waals surface area contributed by atoms with E-state index in [9.17, 15) is 0 Å². The van der Waals surface area contributed by atoms with E-state index in [1.807, 2.05) is 0 Å². The summed E-state index contributed by atoms with van der Waals surface area (Å²) in [6, 6.07) is 15.3. The topological polar surface area (TPSA) is 32.5 Å². The monoisotopic (exact) mass is 313 g/mol. The van der Waals surface area contributed by atoms with E-state index in [2.05, 4.69) is 80.5 Å². The van der Waals surface area contributed by atoms with Gasteiger partial charge in [-0.15, -0.1) is 0 Å². The summed E-state index contributed by atoms with van der Waals surface area (Å²) in [7, 11) is 8.54. The van der Waals surface area contributed by atoms with Gasteiger partial charge in [0.05, 0.1) is 0 Å². The van der Waals surface area contributed by atoms with E-state index >= 15 is 0 Å². The molecule has 126 valence electrons. The smallest absolute Gasteiger partial charge is 0.0106 e. The Kier molecular flexibility index (Phi) is 6.17. The van der Waals surface area contributed by atoms with Crippen molar-refractivity contribution < 1.29 is 0 Å². The van der Waals surface area contributed by atoms with Gasteiger partial charge < -0.3 is 15.5 Å². The second kappa shape index (κ2) is 7.91. The Bertz CT molecular complexity index is 602. The summed E-state index contributed by atoms with van der Waals surface area (Å²) in [6.07, 6.45) is 2.16. The van der Waals surface area contributed by atoms with E-state index in [0.29, 0.717) is 6.54 Å². The lowest BCUT2D eigenvalue weighted by molar-refractivity contribution is 0.271. The molecule has 0 radical (unpaired) electrons. The Morgan fingerprint density at radius 2 is 1.39 bits per heavy atom. The van der Waals surface area contributed by atoms with Crippen molar-refractivity contribution in [1.29, 1.82) is 0 Å². The molecule has 3 heteroatoms. The molecule has 0 aliphatic rings. The van der Waals surface area contributed by atoms with E-state index in [-0.39, 0.29) is 5.41 Å². The van der Waals surface area contributed by atoms with Gasteiger partial charge in [-0.2, -0.15) is 0 Å². The van der Waals surface area contributed by atoms with Gasteiger partial charge in [0.15, 0.2) is 0 Å².